The van der Waals surface area contributed by atoms with E-state index in [9.17, 15) is 0 Å². The molecule has 0 bridgehead atoms. The van der Waals surface area contributed by atoms with Crippen LogP contribution in [0.3, 0.4) is 0 Å². The van der Waals surface area contributed by atoms with Crippen LogP contribution >= 0.6 is 0 Å². The van der Waals surface area contributed by atoms with E-state index in [0.717, 1.165) is 0 Å². The zero-order valence-electron chi connectivity index (χ0n) is 11.4. The molecular weight excluding hydrogens is 250 g/mol. The molecule has 0 radical (unpaired) electrons. The molecule has 1 saturated heterocycles. The number of aromatic nitrogens is 3. The number of rotatable bonds is 5. The van der Waals surface area contributed by atoms with Crippen molar-refractivity contribution in [2.45, 2.75) is 19.1 Å². The molecule has 1 aromatic heterocycles. The van der Waals surface area contributed by atoms with Gasteiger partial charge in [-0.1, -0.05) is 0 Å². The molecule has 0 saturated carbocycles. The average Bonchev–Trinajstić information content (AvgIpc) is 2.81. The molecule has 1 aliphatic rings. The second-order valence-electron chi connectivity index (χ2n) is 4.16. The van der Waals surface area contributed by atoms with Crippen LogP contribution in [0.25, 0.3) is 0 Å². The third-order valence-electron chi connectivity index (χ3n) is 3.00. The molecule has 8 nitrogen and oxygen atoms in total. The van der Waals surface area contributed by atoms with Gasteiger partial charge in [0.2, 0.25) is 11.9 Å². The van der Waals surface area contributed by atoms with E-state index in [1.807, 2.05) is 11.8 Å². The first-order valence-electron chi connectivity index (χ1n) is 6.12. The van der Waals surface area contributed by atoms with Crippen LogP contribution in [0.4, 0.5) is 11.9 Å². The highest BCUT2D eigenvalue weighted by molar-refractivity contribution is 5.38. The fourth-order valence-corrected chi connectivity index (χ4v) is 2.06. The Bertz CT molecular complexity index is 419. The van der Waals surface area contributed by atoms with E-state index in [2.05, 4.69) is 15.0 Å². The Morgan fingerprint density at radius 2 is 1.79 bits per heavy atom. The minimum absolute atomic E-state index is 0.0152. The van der Waals surface area contributed by atoms with Crippen molar-refractivity contribution in [3.63, 3.8) is 0 Å². The molecule has 2 unspecified atom stereocenters. The second-order valence-corrected chi connectivity index (χ2v) is 4.16. The maximum atomic E-state index is 5.66. The van der Waals surface area contributed by atoms with Gasteiger partial charge in [0.1, 0.15) is 12.2 Å². The van der Waals surface area contributed by atoms with E-state index in [1.54, 1.807) is 14.2 Å². The molecule has 0 amide bonds. The molecular formula is C11H19N5O3. The molecule has 2 heterocycles. The van der Waals surface area contributed by atoms with Crippen molar-refractivity contribution in [2.75, 3.05) is 44.5 Å². The molecule has 0 aliphatic carbocycles. The Morgan fingerprint density at radius 3 is 2.32 bits per heavy atom. The molecule has 106 valence electrons. The third-order valence-corrected chi connectivity index (χ3v) is 3.00. The summed E-state index contributed by atoms with van der Waals surface area (Å²) in [5, 5.41) is 0. The van der Waals surface area contributed by atoms with Crippen LogP contribution < -0.4 is 15.4 Å². The lowest BCUT2D eigenvalue weighted by Gasteiger charge is -2.16. The number of anilines is 2. The summed E-state index contributed by atoms with van der Waals surface area (Å²) in [6.45, 7) is 3.62. The summed E-state index contributed by atoms with van der Waals surface area (Å²) in [6, 6.07) is 0.236. The number of nitrogens with two attached hydrogens (primary N) is 1. The van der Waals surface area contributed by atoms with Crippen molar-refractivity contribution >= 4 is 11.9 Å². The van der Waals surface area contributed by atoms with Gasteiger partial charge in [-0.2, -0.15) is 15.0 Å². The van der Waals surface area contributed by atoms with Crippen molar-refractivity contribution in [3.8, 4) is 6.01 Å². The molecule has 19 heavy (non-hydrogen) atoms. The standard InChI is InChI=1S/C11H19N5O3/c1-4-19-11-14-9(12)13-10(15-11)16-5-7(17-2)8(6-16)18-3/h7-8H,4-6H2,1-3H3,(H2,12,13,14,15). The topological polar surface area (TPSA) is 95.6 Å². The minimum Gasteiger partial charge on any atom is -0.464 e. The van der Waals surface area contributed by atoms with Crippen LogP contribution in [0.15, 0.2) is 0 Å². The summed E-state index contributed by atoms with van der Waals surface area (Å²) in [5.74, 6) is 0.626. The Labute approximate surface area is 111 Å². The van der Waals surface area contributed by atoms with Gasteiger partial charge in [-0.15, -0.1) is 0 Å². The van der Waals surface area contributed by atoms with E-state index >= 15 is 0 Å². The van der Waals surface area contributed by atoms with Gasteiger partial charge < -0.3 is 24.8 Å². The average molecular weight is 269 g/mol. The maximum Gasteiger partial charge on any atom is 0.323 e. The van der Waals surface area contributed by atoms with Crippen molar-refractivity contribution in [1.82, 2.24) is 15.0 Å². The van der Waals surface area contributed by atoms with Gasteiger partial charge in [0.05, 0.1) is 6.61 Å². The number of ether oxygens (including phenoxy) is 3. The lowest BCUT2D eigenvalue weighted by atomic mass is 10.3. The van der Waals surface area contributed by atoms with Crippen LogP contribution in [-0.4, -0.2) is 61.1 Å². The van der Waals surface area contributed by atoms with Gasteiger partial charge in [0, 0.05) is 27.3 Å². The van der Waals surface area contributed by atoms with E-state index in [1.165, 1.54) is 0 Å². The largest absolute Gasteiger partial charge is 0.464 e. The summed E-state index contributed by atoms with van der Waals surface area (Å²) in [4.78, 5) is 14.2. The predicted molar refractivity (Wildman–Crippen MR) is 69.2 cm³/mol. The summed E-state index contributed by atoms with van der Waals surface area (Å²) in [6.07, 6.45) is -0.0305. The lowest BCUT2D eigenvalue weighted by Crippen LogP contribution is -2.27. The molecule has 0 spiro atoms. The van der Waals surface area contributed by atoms with Crippen molar-refractivity contribution in [1.29, 1.82) is 0 Å². The number of nitrogens with zero attached hydrogens (tertiary/aromatic N) is 4. The van der Waals surface area contributed by atoms with Gasteiger partial charge in [0.25, 0.3) is 0 Å². The molecule has 8 heteroatoms. The lowest BCUT2D eigenvalue weighted by molar-refractivity contribution is -0.00461. The SMILES string of the molecule is CCOc1nc(N)nc(N2CC(OC)C(OC)C2)n1. The third kappa shape index (κ3) is 3.02. The molecule has 2 rings (SSSR count). The zero-order valence-corrected chi connectivity index (χ0v) is 11.4. The van der Waals surface area contributed by atoms with Crippen LogP contribution in [-0.2, 0) is 9.47 Å². The highest BCUT2D eigenvalue weighted by Crippen LogP contribution is 2.22. The Kier molecular flexibility index (Phi) is 4.33. The Balaban J connectivity index is 2.18. The van der Waals surface area contributed by atoms with E-state index < -0.39 is 0 Å². The van der Waals surface area contributed by atoms with E-state index in [4.69, 9.17) is 19.9 Å². The fraction of sp³-hybridized carbons (Fsp3) is 0.727. The molecule has 2 atom stereocenters. The fourth-order valence-electron chi connectivity index (χ4n) is 2.06. The van der Waals surface area contributed by atoms with Gasteiger partial charge in [-0.05, 0) is 6.92 Å². The Hall–Kier alpha value is -1.67. The van der Waals surface area contributed by atoms with Crippen LogP contribution in [0.2, 0.25) is 0 Å². The first-order chi connectivity index (χ1) is 9.17. The highest BCUT2D eigenvalue weighted by atomic mass is 16.5. The highest BCUT2D eigenvalue weighted by Gasteiger charge is 2.34. The van der Waals surface area contributed by atoms with Crippen molar-refractivity contribution < 1.29 is 14.2 Å². The first-order valence-corrected chi connectivity index (χ1v) is 6.12. The maximum absolute atomic E-state index is 5.66. The second kappa shape index (κ2) is 5.98. The van der Waals surface area contributed by atoms with Gasteiger partial charge in [0.15, 0.2) is 0 Å². The summed E-state index contributed by atoms with van der Waals surface area (Å²) < 4.78 is 16.0. The molecule has 1 aliphatic heterocycles. The number of hydrogen-bond donors (Lipinski definition) is 1. The first kappa shape index (κ1) is 13.8. The predicted octanol–water partition coefficient (Wildman–Crippen LogP) is -0.297. The molecule has 1 aromatic rings. The minimum atomic E-state index is -0.0152. The van der Waals surface area contributed by atoms with E-state index in [0.29, 0.717) is 25.6 Å². The molecule has 1 fully saturated rings. The zero-order chi connectivity index (χ0) is 13.8. The van der Waals surface area contributed by atoms with E-state index in [-0.39, 0.29) is 24.2 Å². The van der Waals surface area contributed by atoms with Crippen molar-refractivity contribution in [3.05, 3.63) is 0 Å². The molecule has 0 aromatic carbocycles. The number of methoxy groups -OCH3 is 2. The van der Waals surface area contributed by atoms with Crippen molar-refractivity contribution in [2.24, 2.45) is 0 Å². The number of hydrogen-bond acceptors (Lipinski definition) is 8. The van der Waals surface area contributed by atoms with Gasteiger partial charge in [-0.3, -0.25) is 0 Å². The normalized spacial score (nSPS) is 22.8. The summed E-state index contributed by atoms with van der Waals surface area (Å²) in [5.41, 5.74) is 5.66. The van der Waals surface area contributed by atoms with Gasteiger partial charge in [-0.25, -0.2) is 0 Å². The monoisotopic (exact) mass is 269 g/mol. The summed E-state index contributed by atoms with van der Waals surface area (Å²) >= 11 is 0. The summed E-state index contributed by atoms with van der Waals surface area (Å²) in [7, 11) is 3.32. The van der Waals surface area contributed by atoms with Crippen LogP contribution in [0.5, 0.6) is 6.01 Å². The quantitative estimate of drug-likeness (QED) is 0.778. The van der Waals surface area contributed by atoms with Gasteiger partial charge >= 0.3 is 6.01 Å². The Morgan fingerprint density at radius 1 is 1.16 bits per heavy atom. The van der Waals surface area contributed by atoms with Crippen LogP contribution in [0.1, 0.15) is 6.92 Å². The van der Waals surface area contributed by atoms with Crippen LogP contribution in [0, 0.1) is 0 Å². The number of nitrogen functional groups attached to an aromatic ring is 1. The smallest absolute Gasteiger partial charge is 0.323 e. The molecule has 2 N–H and O–H groups in total.